The van der Waals surface area contributed by atoms with E-state index in [9.17, 15) is 0 Å². The van der Waals surface area contributed by atoms with Crippen molar-refractivity contribution in [1.29, 1.82) is 0 Å². The zero-order chi connectivity index (χ0) is 14.6. The predicted molar refractivity (Wildman–Crippen MR) is 83.1 cm³/mol. The number of nitrogens with one attached hydrogen (secondary N) is 1. The van der Waals surface area contributed by atoms with E-state index >= 15 is 0 Å². The lowest BCUT2D eigenvalue weighted by molar-refractivity contribution is 0.357. The average Bonchev–Trinajstić information content (AvgIpc) is 2.35. The van der Waals surface area contributed by atoms with E-state index in [2.05, 4.69) is 46.0 Å². The van der Waals surface area contributed by atoms with Crippen LogP contribution in [0.2, 0.25) is 0 Å². The number of anilines is 1. The lowest BCUT2D eigenvalue weighted by atomic mass is 9.89. The maximum Gasteiger partial charge on any atom is 0.145 e. The van der Waals surface area contributed by atoms with Gasteiger partial charge in [0.15, 0.2) is 0 Å². The van der Waals surface area contributed by atoms with Gasteiger partial charge in [-0.15, -0.1) is 0 Å². The van der Waals surface area contributed by atoms with Crippen LogP contribution in [0.25, 0.3) is 0 Å². The van der Waals surface area contributed by atoms with E-state index < -0.39 is 0 Å². The van der Waals surface area contributed by atoms with Crippen LogP contribution in [0, 0.1) is 26.2 Å². The summed E-state index contributed by atoms with van der Waals surface area (Å²) < 4.78 is 5.56. The van der Waals surface area contributed by atoms with E-state index in [-0.39, 0.29) is 5.41 Å². The molecule has 0 bridgehead atoms. The van der Waals surface area contributed by atoms with Gasteiger partial charge in [-0.25, -0.2) is 0 Å². The lowest BCUT2D eigenvalue weighted by Gasteiger charge is -2.24. The molecule has 0 saturated carbocycles. The van der Waals surface area contributed by atoms with Gasteiger partial charge < -0.3 is 15.8 Å². The summed E-state index contributed by atoms with van der Waals surface area (Å²) >= 11 is 0. The Bertz CT molecular complexity index is 439. The highest BCUT2D eigenvalue weighted by atomic mass is 16.5. The molecule has 3 N–H and O–H groups in total. The molecule has 0 saturated heterocycles. The molecule has 0 fully saturated rings. The van der Waals surface area contributed by atoms with Crippen LogP contribution in [0.1, 0.15) is 37.0 Å². The van der Waals surface area contributed by atoms with Gasteiger partial charge >= 0.3 is 0 Å². The van der Waals surface area contributed by atoms with Gasteiger partial charge in [0.25, 0.3) is 0 Å². The Hall–Kier alpha value is -1.22. The molecule has 0 atom stereocenters. The number of nitrogens with two attached hydrogens (primary N) is 1. The third kappa shape index (κ3) is 3.87. The van der Waals surface area contributed by atoms with E-state index in [4.69, 9.17) is 10.5 Å². The van der Waals surface area contributed by atoms with Crippen molar-refractivity contribution in [3.05, 3.63) is 22.8 Å². The van der Waals surface area contributed by atoms with Gasteiger partial charge in [0.1, 0.15) is 5.75 Å². The molecule has 0 amide bonds. The summed E-state index contributed by atoms with van der Waals surface area (Å²) in [4.78, 5) is 0. The Morgan fingerprint density at radius 3 is 2.37 bits per heavy atom. The highest BCUT2D eigenvalue weighted by Crippen LogP contribution is 2.34. The van der Waals surface area contributed by atoms with Crippen LogP contribution in [0.3, 0.4) is 0 Å². The molecule has 108 valence electrons. The van der Waals surface area contributed by atoms with Crippen molar-refractivity contribution in [3.63, 3.8) is 0 Å². The van der Waals surface area contributed by atoms with Crippen molar-refractivity contribution in [1.82, 2.24) is 0 Å². The van der Waals surface area contributed by atoms with Crippen molar-refractivity contribution in [2.24, 2.45) is 11.1 Å². The van der Waals surface area contributed by atoms with E-state index in [1.807, 2.05) is 0 Å². The highest BCUT2D eigenvalue weighted by molar-refractivity contribution is 5.66. The summed E-state index contributed by atoms with van der Waals surface area (Å²) in [7, 11) is 1.73. The van der Waals surface area contributed by atoms with Gasteiger partial charge in [0.05, 0.1) is 12.8 Å². The quantitative estimate of drug-likeness (QED) is 0.827. The second kappa shape index (κ2) is 6.29. The molecule has 0 aromatic heterocycles. The van der Waals surface area contributed by atoms with Crippen molar-refractivity contribution < 1.29 is 4.74 Å². The SMILES string of the molecule is COc1c(C)c(C)cc(C)c1NCCC(C)(C)CN. The predicted octanol–water partition coefficient (Wildman–Crippen LogP) is 3.41. The number of methoxy groups -OCH3 is 1. The van der Waals surface area contributed by atoms with E-state index in [0.29, 0.717) is 6.54 Å². The van der Waals surface area contributed by atoms with Gasteiger partial charge in [0, 0.05) is 6.54 Å². The van der Waals surface area contributed by atoms with Crippen molar-refractivity contribution in [2.75, 3.05) is 25.5 Å². The summed E-state index contributed by atoms with van der Waals surface area (Å²) in [6.45, 7) is 12.3. The zero-order valence-corrected chi connectivity index (χ0v) is 13.2. The fraction of sp³-hybridized carbons (Fsp3) is 0.625. The third-order valence-electron chi connectivity index (χ3n) is 3.85. The molecule has 0 radical (unpaired) electrons. The topological polar surface area (TPSA) is 47.3 Å². The molecular formula is C16H28N2O. The molecule has 0 spiro atoms. The Balaban J connectivity index is 2.87. The van der Waals surface area contributed by atoms with Gasteiger partial charge in [-0.05, 0) is 55.8 Å². The van der Waals surface area contributed by atoms with Crippen molar-refractivity contribution in [3.8, 4) is 5.75 Å². The van der Waals surface area contributed by atoms with Gasteiger partial charge in [0.2, 0.25) is 0 Å². The fourth-order valence-electron chi connectivity index (χ4n) is 2.15. The van der Waals surface area contributed by atoms with Crippen LogP contribution in [-0.4, -0.2) is 20.2 Å². The summed E-state index contributed by atoms with van der Waals surface area (Å²) in [6.07, 6.45) is 1.04. The summed E-state index contributed by atoms with van der Waals surface area (Å²) in [5.74, 6) is 0.961. The van der Waals surface area contributed by atoms with Gasteiger partial charge in [-0.3, -0.25) is 0 Å². The summed E-state index contributed by atoms with van der Waals surface area (Å²) in [5.41, 5.74) is 10.7. The highest BCUT2D eigenvalue weighted by Gasteiger charge is 2.16. The number of hydrogen-bond donors (Lipinski definition) is 2. The minimum absolute atomic E-state index is 0.174. The third-order valence-corrected chi connectivity index (χ3v) is 3.85. The normalized spacial score (nSPS) is 11.5. The Morgan fingerprint density at radius 2 is 1.84 bits per heavy atom. The Kier molecular flexibility index (Phi) is 5.24. The smallest absolute Gasteiger partial charge is 0.145 e. The molecule has 0 unspecified atom stereocenters. The zero-order valence-electron chi connectivity index (χ0n) is 13.2. The van der Waals surface area contributed by atoms with Crippen LogP contribution in [0.15, 0.2) is 6.07 Å². The minimum atomic E-state index is 0.174. The Morgan fingerprint density at radius 1 is 1.21 bits per heavy atom. The van der Waals surface area contributed by atoms with E-state index in [1.54, 1.807) is 7.11 Å². The summed E-state index contributed by atoms with van der Waals surface area (Å²) in [5, 5.41) is 3.51. The first kappa shape index (κ1) is 15.8. The number of ether oxygens (including phenoxy) is 1. The van der Waals surface area contributed by atoms with Crippen LogP contribution in [0.5, 0.6) is 5.75 Å². The molecule has 0 aliphatic carbocycles. The van der Waals surface area contributed by atoms with E-state index in [0.717, 1.165) is 24.4 Å². The maximum atomic E-state index is 5.76. The maximum absolute atomic E-state index is 5.76. The number of rotatable bonds is 6. The van der Waals surface area contributed by atoms with Gasteiger partial charge in [-0.2, -0.15) is 0 Å². The molecule has 19 heavy (non-hydrogen) atoms. The molecule has 0 aliphatic heterocycles. The first-order valence-corrected chi connectivity index (χ1v) is 6.91. The molecule has 1 aromatic rings. The van der Waals surface area contributed by atoms with Crippen LogP contribution in [0.4, 0.5) is 5.69 Å². The lowest BCUT2D eigenvalue weighted by Crippen LogP contribution is -2.26. The fourth-order valence-corrected chi connectivity index (χ4v) is 2.15. The minimum Gasteiger partial charge on any atom is -0.494 e. The number of aryl methyl sites for hydroxylation is 2. The first-order valence-electron chi connectivity index (χ1n) is 6.91. The standard InChI is InChI=1S/C16H28N2O/c1-11-9-12(2)14(15(19-6)13(11)3)18-8-7-16(4,5)10-17/h9,18H,7-8,10,17H2,1-6H3. The first-order chi connectivity index (χ1) is 8.82. The largest absolute Gasteiger partial charge is 0.494 e. The van der Waals surface area contributed by atoms with Crippen molar-refractivity contribution >= 4 is 5.69 Å². The molecule has 1 aromatic carbocycles. The Labute approximate surface area is 117 Å². The van der Waals surface area contributed by atoms with E-state index in [1.165, 1.54) is 16.7 Å². The molecular weight excluding hydrogens is 236 g/mol. The summed E-state index contributed by atoms with van der Waals surface area (Å²) in [6, 6.07) is 2.20. The van der Waals surface area contributed by atoms with Gasteiger partial charge in [-0.1, -0.05) is 19.9 Å². The molecule has 3 heteroatoms. The van der Waals surface area contributed by atoms with Crippen LogP contribution >= 0.6 is 0 Å². The molecule has 3 nitrogen and oxygen atoms in total. The number of hydrogen-bond acceptors (Lipinski definition) is 3. The molecule has 0 aliphatic rings. The monoisotopic (exact) mass is 264 g/mol. The van der Waals surface area contributed by atoms with Crippen molar-refractivity contribution in [2.45, 2.75) is 41.0 Å². The van der Waals surface area contributed by atoms with Crippen LogP contribution in [-0.2, 0) is 0 Å². The molecule has 1 rings (SSSR count). The second-order valence-corrected chi connectivity index (χ2v) is 6.09. The average molecular weight is 264 g/mol. The van der Waals surface area contributed by atoms with Crippen LogP contribution < -0.4 is 15.8 Å². The second-order valence-electron chi connectivity index (χ2n) is 6.09. The molecule has 0 heterocycles. The number of benzene rings is 1.